The van der Waals surface area contributed by atoms with Gasteiger partial charge in [-0.1, -0.05) is 6.07 Å². The summed E-state index contributed by atoms with van der Waals surface area (Å²) in [5.74, 6) is -0.250. The fourth-order valence-electron chi connectivity index (χ4n) is 2.96. The quantitative estimate of drug-likeness (QED) is 0.662. The van der Waals surface area contributed by atoms with Gasteiger partial charge in [0.05, 0.1) is 21.3 Å². The molecular formula is C16H19NO6S4. The van der Waals surface area contributed by atoms with Crippen LogP contribution in [0.2, 0.25) is 0 Å². The highest BCUT2D eigenvalue weighted by Crippen LogP contribution is 2.28. The highest BCUT2D eigenvalue weighted by atomic mass is 32.2. The molecule has 0 amide bonds. The van der Waals surface area contributed by atoms with Crippen molar-refractivity contribution in [2.24, 2.45) is 0 Å². The summed E-state index contributed by atoms with van der Waals surface area (Å²) in [5.41, 5.74) is 0. The van der Waals surface area contributed by atoms with Crippen LogP contribution in [0.15, 0.2) is 51.6 Å². The average Bonchev–Trinajstić information content (AvgIpc) is 3.21. The summed E-state index contributed by atoms with van der Waals surface area (Å²) in [6, 6.07) is 7.94. The Morgan fingerprint density at radius 3 is 2.19 bits per heavy atom. The lowest BCUT2D eigenvalue weighted by Crippen LogP contribution is -2.40. The second-order valence-electron chi connectivity index (χ2n) is 6.43. The lowest BCUT2D eigenvalue weighted by Gasteiger charge is -2.27. The summed E-state index contributed by atoms with van der Waals surface area (Å²) in [6.45, 7) is 0.0774. The Balaban J connectivity index is 1.99. The van der Waals surface area contributed by atoms with E-state index in [9.17, 15) is 25.3 Å². The molecule has 0 aliphatic carbocycles. The normalized spacial score (nSPS) is 20.1. The molecule has 7 nitrogen and oxygen atoms in total. The second kappa shape index (κ2) is 7.28. The maximum atomic E-state index is 13.2. The molecular weight excluding hydrogens is 430 g/mol. The van der Waals surface area contributed by atoms with Crippen molar-refractivity contribution in [1.29, 1.82) is 0 Å². The number of hydrogen-bond acceptors (Lipinski definition) is 7. The van der Waals surface area contributed by atoms with E-state index < -0.39 is 35.7 Å². The zero-order chi connectivity index (χ0) is 19.9. The van der Waals surface area contributed by atoms with Gasteiger partial charge in [0, 0.05) is 23.7 Å². The van der Waals surface area contributed by atoms with Gasteiger partial charge in [-0.25, -0.2) is 25.3 Å². The molecule has 1 atom stereocenters. The topological polar surface area (TPSA) is 106 Å². The van der Waals surface area contributed by atoms with Gasteiger partial charge in [-0.15, -0.1) is 11.3 Å². The summed E-state index contributed by atoms with van der Waals surface area (Å²) in [7, 11) is -10.7. The molecule has 0 spiro atoms. The Morgan fingerprint density at radius 2 is 1.70 bits per heavy atom. The average molecular weight is 450 g/mol. The number of sulfone groups is 2. The Labute approximate surface area is 163 Å². The SMILES string of the molecule is CS(=O)(=O)c1ccc(S(=O)(=O)N(Cc2cccs2)[C@@H]2CCS(=O)(=O)C2)cc1. The molecule has 0 saturated carbocycles. The van der Waals surface area contributed by atoms with Gasteiger partial charge in [-0.05, 0) is 42.1 Å². The van der Waals surface area contributed by atoms with Crippen LogP contribution in [0, 0.1) is 0 Å². The Hall–Kier alpha value is -1.27. The van der Waals surface area contributed by atoms with E-state index in [1.807, 2.05) is 5.38 Å². The van der Waals surface area contributed by atoms with Gasteiger partial charge < -0.3 is 0 Å². The molecule has 0 radical (unpaired) electrons. The number of hydrogen-bond donors (Lipinski definition) is 0. The van der Waals surface area contributed by atoms with Crippen LogP contribution in [0.25, 0.3) is 0 Å². The van der Waals surface area contributed by atoms with Crippen molar-refractivity contribution >= 4 is 41.0 Å². The third-order valence-electron chi connectivity index (χ3n) is 4.37. The monoisotopic (exact) mass is 449 g/mol. The van der Waals surface area contributed by atoms with Gasteiger partial charge >= 0.3 is 0 Å². The van der Waals surface area contributed by atoms with Crippen molar-refractivity contribution in [3.8, 4) is 0 Å². The van der Waals surface area contributed by atoms with E-state index in [-0.39, 0.29) is 34.3 Å². The molecule has 27 heavy (non-hydrogen) atoms. The molecule has 0 unspecified atom stereocenters. The molecule has 2 heterocycles. The number of benzene rings is 1. The van der Waals surface area contributed by atoms with Crippen molar-refractivity contribution < 1.29 is 25.3 Å². The van der Waals surface area contributed by atoms with E-state index in [2.05, 4.69) is 0 Å². The fourth-order valence-corrected chi connectivity index (χ4v) is 7.84. The minimum Gasteiger partial charge on any atom is -0.229 e. The molecule has 148 valence electrons. The van der Waals surface area contributed by atoms with E-state index in [1.54, 1.807) is 12.1 Å². The minimum absolute atomic E-state index is 0.0229. The van der Waals surface area contributed by atoms with Crippen LogP contribution in [0.4, 0.5) is 0 Å². The second-order valence-corrected chi connectivity index (χ2v) is 13.6. The first-order chi connectivity index (χ1) is 12.5. The lowest BCUT2D eigenvalue weighted by molar-refractivity contribution is 0.336. The van der Waals surface area contributed by atoms with Gasteiger partial charge in [-0.3, -0.25) is 0 Å². The molecule has 1 aliphatic heterocycles. The van der Waals surface area contributed by atoms with Crippen LogP contribution < -0.4 is 0 Å². The zero-order valence-corrected chi connectivity index (χ0v) is 17.7. The molecule has 2 aromatic rings. The van der Waals surface area contributed by atoms with Crippen LogP contribution in [0.5, 0.6) is 0 Å². The van der Waals surface area contributed by atoms with E-state index in [1.165, 1.54) is 39.9 Å². The van der Waals surface area contributed by atoms with E-state index in [0.717, 1.165) is 11.1 Å². The van der Waals surface area contributed by atoms with Gasteiger partial charge in [-0.2, -0.15) is 4.31 Å². The summed E-state index contributed by atoms with van der Waals surface area (Å²) in [5, 5.41) is 1.83. The van der Waals surface area contributed by atoms with Crippen molar-refractivity contribution in [3.63, 3.8) is 0 Å². The first kappa shape index (κ1) is 20.5. The summed E-state index contributed by atoms with van der Waals surface area (Å²) in [4.78, 5) is 0.765. The largest absolute Gasteiger partial charge is 0.243 e. The molecule has 1 aromatic heterocycles. The van der Waals surface area contributed by atoms with Crippen molar-refractivity contribution in [3.05, 3.63) is 46.7 Å². The molecule has 11 heteroatoms. The Morgan fingerprint density at radius 1 is 1.07 bits per heavy atom. The van der Waals surface area contributed by atoms with Gasteiger partial charge in [0.15, 0.2) is 19.7 Å². The first-order valence-corrected chi connectivity index (χ1v) is 14.1. The first-order valence-electron chi connectivity index (χ1n) is 8.04. The molecule has 1 aliphatic rings. The minimum atomic E-state index is -3.99. The van der Waals surface area contributed by atoms with Crippen molar-refractivity contribution in [1.82, 2.24) is 4.31 Å². The lowest BCUT2D eigenvalue weighted by atomic mass is 10.2. The van der Waals surface area contributed by atoms with Crippen molar-refractivity contribution in [2.75, 3.05) is 17.8 Å². The van der Waals surface area contributed by atoms with Crippen molar-refractivity contribution in [2.45, 2.75) is 28.8 Å². The van der Waals surface area contributed by atoms with Crippen LogP contribution in [-0.2, 0) is 36.2 Å². The summed E-state index contributed by atoms with van der Waals surface area (Å²) in [6.07, 6.45) is 1.29. The van der Waals surface area contributed by atoms with E-state index in [4.69, 9.17) is 0 Å². The van der Waals surface area contributed by atoms with Gasteiger partial charge in [0.2, 0.25) is 10.0 Å². The molecule has 0 N–H and O–H groups in total. The summed E-state index contributed by atoms with van der Waals surface area (Å²) < 4.78 is 74.6. The van der Waals surface area contributed by atoms with E-state index >= 15 is 0 Å². The Bertz CT molecular complexity index is 1120. The van der Waals surface area contributed by atoms with Crippen LogP contribution in [0.3, 0.4) is 0 Å². The third-order valence-corrected chi connectivity index (χ3v) is 10.0. The number of sulfonamides is 1. The van der Waals surface area contributed by atoms with Crippen LogP contribution >= 0.6 is 11.3 Å². The maximum Gasteiger partial charge on any atom is 0.243 e. The fraction of sp³-hybridized carbons (Fsp3) is 0.375. The van der Waals surface area contributed by atoms with Gasteiger partial charge in [0.1, 0.15) is 0 Å². The van der Waals surface area contributed by atoms with Gasteiger partial charge in [0.25, 0.3) is 0 Å². The zero-order valence-electron chi connectivity index (χ0n) is 14.5. The number of nitrogens with zero attached hydrogens (tertiary/aromatic N) is 1. The third kappa shape index (κ3) is 4.60. The smallest absolute Gasteiger partial charge is 0.229 e. The molecule has 3 rings (SSSR count). The molecule has 0 bridgehead atoms. The molecule has 1 saturated heterocycles. The van der Waals surface area contributed by atoms with Crippen LogP contribution in [-0.4, -0.2) is 53.4 Å². The highest BCUT2D eigenvalue weighted by molar-refractivity contribution is 7.92. The standard InChI is InChI=1S/C16H19NO6S4/c1-25(18,19)15-4-6-16(7-5-15)27(22,23)17(11-14-3-2-9-24-14)13-8-10-26(20,21)12-13/h2-7,9,13H,8,10-12H2,1H3/t13-/m1/s1. The Kier molecular flexibility index (Phi) is 5.52. The maximum absolute atomic E-state index is 13.2. The molecule has 1 fully saturated rings. The highest BCUT2D eigenvalue weighted by Gasteiger charge is 2.39. The number of rotatable bonds is 6. The summed E-state index contributed by atoms with van der Waals surface area (Å²) >= 11 is 1.39. The van der Waals surface area contributed by atoms with E-state index in [0.29, 0.717) is 0 Å². The molecule has 1 aromatic carbocycles. The predicted molar refractivity (Wildman–Crippen MR) is 104 cm³/mol. The number of thiophene rings is 1. The predicted octanol–water partition coefficient (Wildman–Crippen LogP) is 1.53. The van der Waals surface area contributed by atoms with Crippen LogP contribution in [0.1, 0.15) is 11.3 Å².